The molecule has 1 fully saturated rings. The molecule has 1 aliphatic heterocycles. The number of halogens is 1. The molecule has 0 aliphatic carbocycles. The molecule has 0 bridgehead atoms. The van der Waals surface area contributed by atoms with Gasteiger partial charge in [0, 0.05) is 30.2 Å². The number of nitrogens with zero attached hydrogens (tertiary/aromatic N) is 1. The highest BCUT2D eigenvalue weighted by atomic mass is 35.5. The summed E-state index contributed by atoms with van der Waals surface area (Å²) in [6.07, 6.45) is 1.64. The quantitative estimate of drug-likeness (QED) is 0.899. The van der Waals surface area contributed by atoms with Gasteiger partial charge in [-0.05, 0) is 43.4 Å². The third-order valence-corrected chi connectivity index (χ3v) is 4.20. The number of aryl methyl sites for hydroxylation is 1. The van der Waals surface area contributed by atoms with E-state index in [-0.39, 0.29) is 18.4 Å². The minimum Gasteiger partial charge on any atom is -0.481 e. The van der Waals surface area contributed by atoms with Gasteiger partial charge in [-0.3, -0.25) is 4.79 Å². The van der Waals surface area contributed by atoms with E-state index in [2.05, 4.69) is 5.32 Å². The highest BCUT2D eigenvalue weighted by molar-refractivity contribution is 6.31. The normalized spacial score (nSPS) is 15.8. The van der Waals surface area contributed by atoms with E-state index in [1.807, 2.05) is 19.1 Å². The predicted molar refractivity (Wildman–Crippen MR) is 81.8 cm³/mol. The van der Waals surface area contributed by atoms with Gasteiger partial charge in [-0.2, -0.15) is 0 Å². The molecule has 21 heavy (non-hydrogen) atoms. The van der Waals surface area contributed by atoms with Crippen LogP contribution in [-0.4, -0.2) is 35.1 Å². The number of rotatable bonds is 3. The number of likely N-dealkylation sites (tertiary alicyclic amines) is 1. The van der Waals surface area contributed by atoms with Crippen molar-refractivity contribution in [3.8, 4) is 0 Å². The lowest BCUT2D eigenvalue weighted by Gasteiger charge is -2.31. The Morgan fingerprint density at radius 2 is 2.05 bits per heavy atom. The van der Waals surface area contributed by atoms with E-state index in [9.17, 15) is 9.59 Å². The third kappa shape index (κ3) is 4.36. The van der Waals surface area contributed by atoms with Crippen LogP contribution >= 0.6 is 11.6 Å². The zero-order valence-electron chi connectivity index (χ0n) is 11.9. The number of carbonyl (C=O) groups excluding carboxylic acids is 1. The summed E-state index contributed by atoms with van der Waals surface area (Å²) in [6, 6.07) is 5.24. The third-order valence-electron chi connectivity index (χ3n) is 3.79. The molecule has 2 N–H and O–H groups in total. The van der Waals surface area contributed by atoms with Crippen molar-refractivity contribution >= 4 is 29.3 Å². The first-order valence-electron chi connectivity index (χ1n) is 6.99. The number of carboxylic acid groups (broad SMARTS) is 1. The van der Waals surface area contributed by atoms with Crippen LogP contribution in [-0.2, 0) is 4.79 Å². The number of carbonyl (C=O) groups is 2. The lowest BCUT2D eigenvalue weighted by Crippen LogP contribution is -2.41. The van der Waals surface area contributed by atoms with E-state index in [1.54, 1.807) is 11.0 Å². The van der Waals surface area contributed by atoms with E-state index in [0.29, 0.717) is 23.8 Å². The summed E-state index contributed by atoms with van der Waals surface area (Å²) in [7, 11) is 0. The van der Waals surface area contributed by atoms with E-state index < -0.39 is 5.97 Å². The average Bonchev–Trinajstić information content (AvgIpc) is 2.43. The molecule has 0 saturated carbocycles. The Balaban J connectivity index is 1.87. The summed E-state index contributed by atoms with van der Waals surface area (Å²) >= 11 is 6.03. The van der Waals surface area contributed by atoms with Gasteiger partial charge in [0.25, 0.3) is 0 Å². The molecule has 1 aromatic rings. The number of piperidine rings is 1. The van der Waals surface area contributed by atoms with E-state index in [0.717, 1.165) is 18.4 Å². The largest absolute Gasteiger partial charge is 0.481 e. The molecule has 0 radical (unpaired) electrons. The zero-order valence-corrected chi connectivity index (χ0v) is 12.7. The number of hydrogen-bond acceptors (Lipinski definition) is 2. The van der Waals surface area contributed by atoms with Gasteiger partial charge in [-0.15, -0.1) is 0 Å². The van der Waals surface area contributed by atoms with Gasteiger partial charge in [-0.1, -0.05) is 17.7 Å². The van der Waals surface area contributed by atoms with Crippen LogP contribution in [0, 0.1) is 12.8 Å². The molecular formula is C15H19ClN2O3. The number of anilines is 1. The Morgan fingerprint density at radius 3 is 2.62 bits per heavy atom. The molecule has 1 saturated heterocycles. The first-order valence-corrected chi connectivity index (χ1v) is 7.37. The summed E-state index contributed by atoms with van der Waals surface area (Å²) in [5, 5.41) is 12.2. The summed E-state index contributed by atoms with van der Waals surface area (Å²) < 4.78 is 0. The second kappa shape index (κ2) is 6.80. The Morgan fingerprint density at radius 1 is 1.38 bits per heavy atom. The van der Waals surface area contributed by atoms with Crippen molar-refractivity contribution in [2.75, 3.05) is 18.4 Å². The van der Waals surface area contributed by atoms with Crippen LogP contribution in [0.2, 0.25) is 5.02 Å². The molecule has 0 unspecified atom stereocenters. The molecule has 0 spiro atoms. The van der Waals surface area contributed by atoms with Gasteiger partial charge >= 0.3 is 12.0 Å². The molecule has 1 aliphatic rings. The number of nitrogens with one attached hydrogen (secondary N) is 1. The van der Waals surface area contributed by atoms with Crippen LogP contribution in [0.3, 0.4) is 0 Å². The maximum atomic E-state index is 12.1. The maximum absolute atomic E-state index is 12.1. The number of benzene rings is 1. The van der Waals surface area contributed by atoms with Gasteiger partial charge in [0.15, 0.2) is 0 Å². The summed E-state index contributed by atoms with van der Waals surface area (Å²) in [5.41, 5.74) is 1.63. The summed E-state index contributed by atoms with van der Waals surface area (Å²) in [4.78, 5) is 24.5. The van der Waals surface area contributed by atoms with Crippen LogP contribution in [0.25, 0.3) is 0 Å². The van der Waals surface area contributed by atoms with Gasteiger partial charge in [0.05, 0.1) is 0 Å². The smallest absolute Gasteiger partial charge is 0.321 e. The molecule has 1 aromatic carbocycles. The van der Waals surface area contributed by atoms with Gasteiger partial charge < -0.3 is 15.3 Å². The molecule has 0 atom stereocenters. The Bertz CT molecular complexity index is 540. The molecule has 6 heteroatoms. The van der Waals surface area contributed by atoms with Crippen molar-refractivity contribution in [2.24, 2.45) is 5.92 Å². The van der Waals surface area contributed by atoms with Crippen molar-refractivity contribution in [3.05, 3.63) is 28.8 Å². The Kier molecular flexibility index (Phi) is 5.07. The Hall–Kier alpha value is -1.75. The first kappa shape index (κ1) is 15.6. The monoisotopic (exact) mass is 310 g/mol. The fourth-order valence-electron chi connectivity index (χ4n) is 2.46. The minimum absolute atomic E-state index is 0.163. The summed E-state index contributed by atoms with van der Waals surface area (Å²) in [5.74, 6) is -0.604. The number of aliphatic carboxylic acids is 1. The van der Waals surface area contributed by atoms with Crippen molar-refractivity contribution in [2.45, 2.75) is 26.2 Å². The number of hydrogen-bond donors (Lipinski definition) is 2. The maximum Gasteiger partial charge on any atom is 0.321 e. The van der Waals surface area contributed by atoms with E-state index in [1.165, 1.54) is 0 Å². The van der Waals surface area contributed by atoms with Crippen LogP contribution < -0.4 is 5.32 Å². The highest BCUT2D eigenvalue weighted by Gasteiger charge is 2.24. The van der Waals surface area contributed by atoms with E-state index >= 15 is 0 Å². The van der Waals surface area contributed by atoms with Gasteiger partial charge in [-0.25, -0.2) is 4.79 Å². The fraction of sp³-hybridized carbons (Fsp3) is 0.467. The molecule has 2 amide bonds. The standard InChI is InChI=1S/C15H19ClN2O3/c1-10-2-3-12(9-13(10)16)17-15(21)18-6-4-11(5-7-18)8-14(19)20/h2-3,9,11H,4-8H2,1H3,(H,17,21)(H,19,20). The van der Waals surface area contributed by atoms with Crippen LogP contribution in [0.15, 0.2) is 18.2 Å². The zero-order chi connectivity index (χ0) is 15.4. The number of urea groups is 1. The molecular weight excluding hydrogens is 292 g/mol. The highest BCUT2D eigenvalue weighted by Crippen LogP contribution is 2.23. The molecule has 2 rings (SSSR count). The molecule has 0 aromatic heterocycles. The van der Waals surface area contributed by atoms with Crippen LogP contribution in [0.4, 0.5) is 10.5 Å². The summed E-state index contributed by atoms with van der Waals surface area (Å²) in [6.45, 7) is 3.08. The predicted octanol–water partition coefficient (Wildman–Crippen LogP) is 3.37. The van der Waals surface area contributed by atoms with Crippen LogP contribution in [0.1, 0.15) is 24.8 Å². The van der Waals surface area contributed by atoms with Crippen molar-refractivity contribution in [1.82, 2.24) is 4.90 Å². The van der Waals surface area contributed by atoms with Gasteiger partial charge in [0.1, 0.15) is 0 Å². The molecule has 1 heterocycles. The molecule has 114 valence electrons. The lowest BCUT2D eigenvalue weighted by atomic mass is 9.94. The lowest BCUT2D eigenvalue weighted by molar-refractivity contribution is -0.138. The van der Waals surface area contributed by atoms with Crippen molar-refractivity contribution < 1.29 is 14.7 Å². The first-order chi connectivity index (χ1) is 9.95. The Labute approximate surface area is 128 Å². The van der Waals surface area contributed by atoms with Crippen LogP contribution in [0.5, 0.6) is 0 Å². The average molecular weight is 311 g/mol. The molecule has 5 nitrogen and oxygen atoms in total. The topological polar surface area (TPSA) is 69.6 Å². The van der Waals surface area contributed by atoms with E-state index in [4.69, 9.17) is 16.7 Å². The number of carboxylic acids is 1. The van der Waals surface area contributed by atoms with Crippen molar-refractivity contribution in [1.29, 1.82) is 0 Å². The second-order valence-electron chi connectivity index (χ2n) is 5.42. The van der Waals surface area contributed by atoms with Crippen molar-refractivity contribution in [3.63, 3.8) is 0 Å². The SMILES string of the molecule is Cc1ccc(NC(=O)N2CCC(CC(=O)O)CC2)cc1Cl. The minimum atomic E-state index is -0.771. The number of amides is 2. The van der Waals surface area contributed by atoms with Gasteiger partial charge in [0.2, 0.25) is 0 Å². The fourth-order valence-corrected chi connectivity index (χ4v) is 2.64. The second-order valence-corrected chi connectivity index (χ2v) is 5.83.